The number of hydrogen-bond acceptors (Lipinski definition) is 3. The maximum absolute atomic E-state index is 5.86. The molecule has 0 aliphatic heterocycles. The lowest BCUT2D eigenvalue weighted by molar-refractivity contribution is 0.308. The van der Waals surface area contributed by atoms with Gasteiger partial charge in [-0.2, -0.15) is 0 Å². The number of hydrogen-bond donors (Lipinski definition) is 1. The second kappa shape index (κ2) is 5.65. The Morgan fingerprint density at radius 2 is 1.85 bits per heavy atom. The van der Waals surface area contributed by atoms with E-state index < -0.39 is 0 Å². The van der Waals surface area contributed by atoms with Crippen LogP contribution in [0.15, 0.2) is 47.8 Å². The number of nitrogens with two attached hydrogens (primary N) is 1. The fraction of sp³-hybridized carbons (Fsp3) is 0.176. The molecule has 3 heteroatoms. The monoisotopic (exact) mass is 283 g/mol. The van der Waals surface area contributed by atoms with E-state index in [4.69, 9.17) is 10.5 Å². The van der Waals surface area contributed by atoms with Crippen LogP contribution in [0.5, 0.6) is 5.75 Å². The minimum absolute atomic E-state index is 0.579. The van der Waals surface area contributed by atoms with Crippen molar-refractivity contribution in [2.24, 2.45) is 5.73 Å². The molecular weight excluding hydrogens is 266 g/mol. The Kier molecular flexibility index (Phi) is 3.72. The van der Waals surface area contributed by atoms with Crippen molar-refractivity contribution in [1.29, 1.82) is 0 Å². The van der Waals surface area contributed by atoms with Crippen molar-refractivity contribution in [3.05, 3.63) is 64.5 Å². The number of benzene rings is 2. The zero-order valence-electron chi connectivity index (χ0n) is 11.4. The largest absolute Gasteiger partial charge is 0.489 e. The van der Waals surface area contributed by atoms with Gasteiger partial charge in [-0.1, -0.05) is 35.9 Å². The molecule has 0 atom stereocenters. The fourth-order valence-electron chi connectivity index (χ4n) is 2.24. The summed E-state index contributed by atoms with van der Waals surface area (Å²) in [7, 11) is 0. The Morgan fingerprint density at radius 3 is 2.60 bits per heavy atom. The highest BCUT2D eigenvalue weighted by Gasteiger charge is 2.07. The Morgan fingerprint density at radius 1 is 1.05 bits per heavy atom. The van der Waals surface area contributed by atoms with E-state index in [1.807, 2.05) is 12.1 Å². The topological polar surface area (TPSA) is 35.2 Å². The molecule has 2 N–H and O–H groups in total. The molecule has 0 saturated carbocycles. The van der Waals surface area contributed by atoms with Gasteiger partial charge in [0, 0.05) is 16.8 Å². The number of ether oxygens (including phenoxy) is 1. The van der Waals surface area contributed by atoms with E-state index in [2.05, 4.69) is 42.6 Å². The van der Waals surface area contributed by atoms with Gasteiger partial charge in [-0.3, -0.25) is 0 Å². The van der Waals surface area contributed by atoms with Crippen LogP contribution in [0.25, 0.3) is 10.1 Å². The van der Waals surface area contributed by atoms with Crippen LogP contribution in [0, 0.1) is 6.92 Å². The van der Waals surface area contributed by atoms with Gasteiger partial charge in [0.05, 0.1) is 0 Å². The van der Waals surface area contributed by atoms with Crippen LogP contribution < -0.4 is 10.5 Å². The molecule has 0 bridgehead atoms. The molecule has 0 aliphatic rings. The third-order valence-electron chi connectivity index (χ3n) is 3.40. The molecule has 0 radical (unpaired) electrons. The average molecular weight is 283 g/mol. The molecule has 1 heterocycles. The second-order valence-electron chi connectivity index (χ2n) is 4.86. The van der Waals surface area contributed by atoms with Crippen molar-refractivity contribution in [2.45, 2.75) is 20.1 Å². The highest BCUT2D eigenvalue weighted by molar-refractivity contribution is 7.17. The highest BCUT2D eigenvalue weighted by atomic mass is 32.1. The van der Waals surface area contributed by atoms with E-state index in [-0.39, 0.29) is 0 Å². The number of aryl methyl sites for hydroxylation is 1. The van der Waals surface area contributed by atoms with Gasteiger partial charge in [0.25, 0.3) is 0 Å². The molecule has 0 saturated heterocycles. The summed E-state index contributed by atoms with van der Waals surface area (Å²) < 4.78 is 7.14. The Balaban J connectivity index is 1.83. The summed E-state index contributed by atoms with van der Waals surface area (Å²) in [6.07, 6.45) is 0. The SMILES string of the molecule is Cc1ccc(OCc2csc3c(CN)cccc23)cc1. The van der Waals surface area contributed by atoms with Crippen LogP contribution in [-0.4, -0.2) is 0 Å². The normalized spacial score (nSPS) is 10.9. The first kappa shape index (κ1) is 13.2. The van der Waals surface area contributed by atoms with Gasteiger partial charge in [0.2, 0.25) is 0 Å². The standard InChI is InChI=1S/C17H17NOS/c1-12-5-7-15(8-6-12)19-10-14-11-20-17-13(9-18)3-2-4-16(14)17/h2-8,11H,9-10,18H2,1H3. The lowest BCUT2D eigenvalue weighted by Crippen LogP contribution is -1.97. The predicted octanol–water partition coefficient (Wildman–Crippen LogP) is 4.25. The minimum atomic E-state index is 0.579. The van der Waals surface area contributed by atoms with Gasteiger partial charge in [0.1, 0.15) is 12.4 Å². The first-order valence-corrected chi connectivity index (χ1v) is 7.53. The number of fused-ring (bicyclic) bond motifs is 1. The lowest BCUT2D eigenvalue weighted by atomic mass is 10.1. The van der Waals surface area contributed by atoms with Gasteiger partial charge in [0.15, 0.2) is 0 Å². The maximum Gasteiger partial charge on any atom is 0.119 e. The molecule has 2 nitrogen and oxygen atoms in total. The molecule has 3 rings (SSSR count). The number of thiophene rings is 1. The summed E-state index contributed by atoms with van der Waals surface area (Å²) in [5, 5.41) is 3.42. The Bertz CT molecular complexity index is 715. The Hall–Kier alpha value is -1.84. The summed E-state index contributed by atoms with van der Waals surface area (Å²) in [4.78, 5) is 0. The van der Waals surface area contributed by atoms with Crippen molar-refractivity contribution in [3.63, 3.8) is 0 Å². The molecule has 0 unspecified atom stereocenters. The van der Waals surface area contributed by atoms with Crippen LogP contribution in [0.1, 0.15) is 16.7 Å². The quantitative estimate of drug-likeness (QED) is 0.777. The van der Waals surface area contributed by atoms with Crippen LogP contribution in [0.2, 0.25) is 0 Å². The zero-order chi connectivity index (χ0) is 13.9. The lowest BCUT2D eigenvalue weighted by Gasteiger charge is -2.06. The van der Waals surface area contributed by atoms with E-state index in [0.29, 0.717) is 13.2 Å². The van der Waals surface area contributed by atoms with Crippen LogP contribution in [0.4, 0.5) is 0 Å². The third kappa shape index (κ3) is 2.55. The van der Waals surface area contributed by atoms with Gasteiger partial charge < -0.3 is 10.5 Å². The average Bonchev–Trinajstić information content (AvgIpc) is 2.90. The van der Waals surface area contributed by atoms with E-state index in [0.717, 1.165) is 5.75 Å². The summed E-state index contributed by atoms with van der Waals surface area (Å²) in [6, 6.07) is 14.4. The van der Waals surface area contributed by atoms with Gasteiger partial charge >= 0.3 is 0 Å². The maximum atomic E-state index is 5.86. The summed E-state index contributed by atoms with van der Waals surface area (Å²) in [5.41, 5.74) is 9.45. The van der Waals surface area contributed by atoms with E-state index in [1.54, 1.807) is 11.3 Å². The molecular formula is C17H17NOS. The van der Waals surface area contributed by atoms with Crippen molar-refractivity contribution >= 4 is 21.4 Å². The van der Waals surface area contributed by atoms with Crippen molar-refractivity contribution in [1.82, 2.24) is 0 Å². The molecule has 0 aliphatic carbocycles. The van der Waals surface area contributed by atoms with Crippen molar-refractivity contribution in [2.75, 3.05) is 0 Å². The summed E-state index contributed by atoms with van der Waals surface area (Å²) >= 11 is 1.74. The molecule has 2 aromatic carbocycles. The molecule has 0 spiro atoms. The fourth-order valence-corrected chi connectivity index (χ4v) is 3.32. The van der Waals surface area contributed by atoms with Crippen LogP contribution >= 0.6 is 11.3 Å². The van der Waals surface area contributed by atoms with Crippen molar-refractivity contribution in [3.8, 4) is 5.75 Å². The van der Waals surface area contributed by atoms with Gasteiger partial charge in [-0.05, 0) is 35.4 Å². The smallest absolute Gasteiger partial charge is 0.119 e. The van der Waals surface area contributed by atoms with E-state index in [9.17, 15) is 0 Å². The van der Waals surface area contributed by atoms with Crippen LogP contribution in [-0.2, 0) is 13.2 Å². The van der Waals surface area contributed by atoms with E-state index in [1.165, 1.54) is 26.8 Å². The molecule has 3 aromatic rings. The second-order valence-corrected chi connectivity index (χ2v) is 5.74. The number of rotatable bonds is 4. The van der Waals surface area contributed by atoms with Gasteiger partial charge in [-0.15, -0.1) is 11.3 Å². The molecule has 102 valence electrons. The molecule has 0 amide bonds. The van der Waals surface area contributed by atoms with Gasteiger partial charge in [-0.25, -0.2) is 0 Å². The highest BCUT2D eigenvalue weighted by Crippen LogP contribution is 2.29. The minimum Gasteiger partial charge on any atom is -0.489 e. The first-order valence-electron chi connectivity index (χ1n) is 6.65. The first-order chi connectivity index (χ1) is 9.78. The summed E-state index contributed by atoms with van der Waals surface area (Å²) in [5.74, 6) is 0.907. The zero-order valence-corrected chi connectivity index (χ0v) is 12.2. The molecule has 20 heavy (non-hydrogen) atoms. The Labute approximate surface area is 122 Å². The predicted molar refractivity (Wildman–Crippen MR) is 85.2 cm³/mol. The molecule has 0 fully saturated rings. The van der Waals surface area contributed by atoms with Crippen molar-refractivity contribution < 1.29 is 4.74 Å². The summed E-state index contributed by atoms with van der Waals surface area (Å²) in [6.45, 7) is 3.25. The third-order valence-corrected chi connectivity index (χ3v) is 4.52. The van der Waals surface area contributed by atoms with Crippen LogP contribution in [0.3, 0.4) is 0 Å². The molecule has 1 aromatic heterocycles. The van der Waals surface area contributed by atoms with E-state index >= 15 is 0 Å².